The maximum absolute atomic E-state index is 4.76. The Bertz CT molecular complexity index is 536. The van der Waals surface area contributed by atoms with Crippen LogP contribution in [0.3, 0.4) is 0 Å². The minimum atomic E-state index is 0.0608. The average molecular weight is 228 g/mol. The molecule has 0 spiro atoms. The third kappa shape index (κ3) is 2.31. The molecule has 0 bridgehead atoms. The van der Waals surface area contributed by atoms with Crippen LogP contribution in [0.2, 0.25) is 0 Å². The van der Waals surface area contributed by atoms with Gasteiger partial charge in [-0.15, -0.1) is 0 Å². The molecule has 0 saturated heterocycles. The highest BCUT2D eigenvalue weighted by molar-refractivity contribution is 5.75. The molecule has 90 valence electrons. The lowest BCUT2D eigenvalue weighted by molar-refractivity contribution is 0.557. The lowest BCUT2D eigenvalue weighted by Gasteiger charge is -2.23. The van der Waals surface area contributed by atoms with Gasteiger partial charge in [-0.1, -0.05) is 34.6 Å². The third-order valence-electron chi connectivity index (χ3n) is 2.95. The molecule has 17 heavy (non-hydrogen) atoms. The van der Waals surface area contributed by atoms with Crippen LogP contribution in [0.25, 0.3) is 11.0 Å². The van der Waals surface area contributed by atoms with Crippen LogP contribution in [0.4, 0.5) is 0 Å². The molecular formula is C15H20N2. The summed E-state index contributed by atoms with van der Waals surface area (Å²) in [6.07, 6.45) is 1.80. The average Bonchev–Trinajstić information content (AvgIpc) is 2.26. The van der Waals surface area contributed by atoms with Crippen molar-refractivity contribution in [3.05, 3.63) is 35.7 Å². The summed E-state index contributed by atoms with van der Waals surface area (Å²) in [4.78, 5) is 9.10. The van der Waals surface area contributed by atoms with E-state index >= 15 is 0 Å². The van der Waals surface area contributed by atoms with Gasteiger partial charge in [-0.3, -0.25) is 0 Å². The Morgan fingerprint density at radius 1 is 1.18 bits per heavy atom. The fourth-order valence-electron chi connectivity index (χ4n) is 2.06. The highest BCUT2D eigenvalue weighted by Crippen LogP contribution is 2.30. The molecule has 0 unspecified atom stereocenters. The zero-order valence-electron chi connectivity index (χ0n) is 11.3. The lowest BCUT2D eigenvalue weighted by atomic mass is 9.84. The standard InChI is InChI=1S/C15H20N2/c1-10(2)12-9-11-7-6-8-16-14(11)17-13(12)15(3,4)5/h6-10H,1-5H3. The first kappa shape index (κ1) is 12.0. The van der Waals surface area contributed by atoms with Crippen LogP contribution < -0.4 is 0 Å². The molecule has 0 radical (unpaired) electrons. The first-order valence-corrected chi connectivity index (χ1v) is 6.16. The molecule has 0 saturated carbocycles. The molecule has 2 heteroatoms. The van der Waals surface area contributed by atoms with E-state index in [2.05, 4.69) is 51.7 Å². The molecule has 0 fully saturated rings. The zero-order valence-corrected chi connectivity index (χ0v) is 11.3. The Hall–Kier alpha value is -1.44. The van der Waals surface area contributed by atoms with Crippen molar-refractivity contribution in [2.75, 3.05) is 0 Å². The van der Waals surface area contributed by atoms with Crippen molar-refractivity contribution in [3.63, 3.8) is 0 Å². The topological polar surface area (TPSA) is 25.8 Å². The second-order valence-corrected chi connectivity index (χ2v) is 5.88. The van der Waals surface area contributed by atoms with Gasteiger partial charge in [0, 0.05) is 17.0 Å². The van der Waals surface area contributed by atoms with Gasteiger partial charge < -0.3 is 0 Å². The van der Waals surface area contributed by atoms with Crippen LogP contribution in [0.15, 0.2) is 24.4 Å². The Morgan fingerprint density at radius 2 is 1.88 bits per heavy atom. The van der Waals surface area contributed by atoms with Gasteiger partial charge in [0.25, 0.3) is 0 Å². The molecule has 0 aliphatic rings. The number of pyridine rings is 2. The van der Waals surface area contributed by atoms with Crippen LogP contribution in [0.1, 0.15) is 51.8 Å². The van der Waals surface area contributed by atoms with Crippen molar-refractivity contribution >= 4 is 11.0 Å². The Morgan fingerprint density at radius 3 is 2.47 bits per heavy atom. The summed E-state index contributed by atoms with van der Waals surface area (Å²) < 4.78 is 0. The molecule has 2 aromatic heterocycles. The summed E-state index contributed by atoms with van der Waals surface area (Å²) in [5.74, 6) is 0.487. The zero-order chi connectivity index (χ0) is 12.6. The summed E-state index contributed by atoms with van der Waals surface area (Å²) in [6.45, 7) is 11.0. The summed E-state index contributed by atoms with van der Waals surface area (Å²) in [5.41, 5.74) is 3.41. The van der Waals surface area contributed by atoms with Gasteiger partial charge in [0.1, 0.15) is 0 Å². The highest BCUT2D eigenvalue weighted by atomic mass is 14.9. The van der Waals surface area contributed by atoms with E-state index in [0.29, 0.717) is 5.92 Å². The van der Waals surface area contributed by atoms with Crippen molar-refractivity contribution in [2.24, 2.45) is 0 Å². The SMILES string of the molecule is CC(C)c1cc2cccnc2nc1C(C)(C)C. The fraction of sp³-hybridized carbons (Fsp3) is 0.467. The maximum atomic E-state index is 4.76. The molecule has 0 aliphatic carbocycles. The molecule has 2 nitrogen and oxygen atoms in total. The molecule has 0 amide bonds. The molecular weight excluding hydrogens is 208 g/mol. The van der Waals surface area contributed by atoms with E-state index in [0.717, 1.165) is 11.0 Å². The van der Waals surface area contributed by atoms with Crippen molar-refractivity contribution < 1.29 is 0 Å². The monoisotopic (exact) mass is 228 g/mol. The highest BCUT2D eigenvalue weighted by Gasteiger charge is 2.22. The molecule has 0 aliphatic heterocycles. The second kappa shape index (κ2) is 4.10. The Labute approximate surface area is 103 Å². The predicted octanol–water partition coefficient (Wildman–Crippen LogP) is 4.05. The third-order valence-corrected chi connectivity index (χ3v) is 2.95. The van der Waals surface area contributed by atoms with Gasteiger partial charge in [0.05, 0.1) is 5.69 Å². The summed E-state index contributed by atoms with van der Waals surface area (Å²) in [6, 6.07) is 6.28. The normalized spacial score (nSPS) is 12.4. The van der Waals surface area contributed by atoms with E-state index in [-0.39, 0.29) is 5.41 Å². The number of hydrogen-bond acceptors (Lipinski definition) is 2. The number of fused-ring (bicyclic) bond motifs is 1. The van der Waals surface area contributed by atoms with Crippen molar-refractivity contribution in [2.45, 2.75) is 46.0 Å². The van der Waals surface area contributed by atoms with Crippen LogP contribution in [-0.2, 0) is 5.41 Å². The number of aromatic nitrogens is 2. The summed E-state index contributed by atoms with van der Waals surface area (Å²) >= 11 is 0. The minimum absolute atomic E-state index is 0.0608. The molecule has 2 rings (SSSR count). The van der Waals surface area contributed by atoms with Crippen LogP contribution in [0, 0.1) is 0 Å². The van der Waals surface area contributed by atoms with Crippen LogP contribution in [0.5, 0.6) is 0 Å². The van der Waals surface area contributed by atoms with Crippen LogP contribution >= 0.6 is 0 Å². The quantitative estimate of drug-likeness (QED) is 0.736. The molecule has 2 aromatic rings. The van der Waals surface area contributed by atoms with E-state index in [1.54, 1.807) is 6.20 Å². The van der Waals surface area contributed by atoms with E-state index in [1.165, 1.54) is 11.3 Å². The van der Waals surface area contributed by atoms with Crippen molar-refractivity contribution in [1.82, 2.24) is 9.97 Å². The fourth-order valence-corrected chi connectivity index (χ4v) is 2.06. The van der Waals surface area contributed by atoms with Gasteiger partial charge in [-0.25, -0.2) is 9.97 Å². The van der Waals surface area contributed by atoms with Gasteiger partial charge in [-0.05, 0) is 29.7 Å². The van der Waals surface area contributed by atoms with E-state index in [1.807, 2.05) is 6.07 Å². The Kier molecular flexibility index (Phi) is 2.90. The predicted molar refractivity (Wildman–Crippen MR) is 72.3 cm³/mol. The second-order valence-electron chi connectivity index (χ2n) is 5.88. The first-order chi connectivity index (χ1) is 7.89. The van der Waals surface area contributed by atoms with E-state index < -0.39 is 0 Å². The maximum Gasteiger partial charge on any atom is 0.159 e. The molecule has 2 heterocycles. The molecule has 0 aromatic carbocycles. The summed E-state index contributed by atoms with van der Waals surface area (Å²) in [7, 11) is 0. The van der Waals surface area contributed by atoms with Gasteiger partial charge >= 0.3 is 0 Å². The smallest absolute Gasteiger partial charge is 0.159 e. The Balaban J connectivity index is 2.75. The number of nitrogens with zero attached hydrogens (tertiary/aromatic N) is 2. The number of hydrogen-bond donors (Lipinski definition) is 0. The van der Waals surface area contributed by atoms with E-state index in [4.69, 9.17) is 4.98 Å². The van der Waals surface area contributed by atoms with Crippen molar-refractivity contribution in [3.8, 4) is 0 Å². The molecule has 0 N–H and O–H groups in total. The summed E-state index contributed by atoms with van der Waals surface area (Å²) in [5, 5.41) is 1.13. The minimum Gasteiger partial charge on any atom is -0.237 e. The van der Waals surface area contributed by atoms with Gasteiger partial charge in [-0.2, -0.15) is 0 Å². The van der Waals surface area contributed by atoms with E-state index in [9.17, 15) is 0 Å². The number of rotatable bonds is 1. The first-order valence-electron chi connectivity index (χ1n) is 6.16. The van der Waals surface area contributed by atoms with Crippen LogP contribution in [-0.4, -0.2) is 9.97 Å². The largest absolute Gasteiger partial charge is 0.237 e. The lowest BCUT2D eigenvalue weighted by Crippen LogP contribution is -2.17. The van der Waals surface area contributed by atoms with Gasteiger partial charge in [0.15, 0.2) is 5.65 Å². The molecule has 0 atom stereocenters. The van der Waals surface area contributed by atoms with Gasteiger partial charge in [0.2, 0.25) is 0 Å². The van der Waals surface area contributed by atoms with Crippen molar-refractivity contribution in [1.29, 1.82) is 0 Å².